The highest BCUT2D eigenvalue weighted by Crippen LogP contribution is 2.19. The molecule has 104 valence electrons. The molecule has 5 nitrogen and oxygen atoms in total. The second-order valence-electron chi connectivity index (χ2n) is 5.58. The van der Waals surface area contributed by atoms with E-state index in [1.165, 1.54) is 19.4 Å². The zero-order chi connectivity index (χ0) is 13.0. The van der Waals surface area contributed by atoms with Crippen molar-refractivity contribution in [1.82, 2.24) is 10.2 Å². The van der Waals surface area contributed by atoms with Gasteiger partial charge in [0.15, 0.2) is 0 Å². The molecule has 2 saturated heterocycles. The Bertz CT molecular complexity index is 285. The van der Waals surface area contributed by atoms with Crippen molar-refractivity contribution in [1.29, 1.82) is 0 Å². The van der Waals surface area contributed by atoms with Crippen LogP contribution in [0.2, 0.25) is 0 Å². The fourth-order valence-electron chi connectivity index (χ4n) is 2.87. The molecular formula is C13H25N3O2. The first-order valence-corrected chi connectivity index (χ1v) is 7.01. The van der Waals surface area contributed by atoms with E-state index in [0.717, 1.165) is 25.9 Å². The third-order valence-corrected chi connectivity index (χ3v) is 3.95. The third-order valence-electron chi connectivity index (χ3n) is 3.95. The molecule has 0 aromatic rings. The minimum absolute atomic E-state index is 0.0409. The van der Waals surface area contributed by atoms with Gasteiger partial charge in [0.2, 0.25) is 5.91 Å². The maximum Gasteiger partial charge on any atom is 0.249 e. The Morgan fingerprint density at radius 3 is 2.94 bits per heavy atom. The number of amides is 1. The highest BCUT2D eigenvalue weighted by atomic mass is 16.5. The van der Waals surface area contributed by atoms with Crippen LogP contribution in [0.15, 0.2) is 0 Å². The van der Waals surface area contributed by atoms with E-state index in [9.17, 15) is 4.79 Å². The molecule has 2 heterocycles. The first-order valence-electron chi connectivity index (χ1n) is 7.01. The van der Waals surface area contributed by atoms with Crippen LogP contribution in [0.25, 0.3) is 0 Å². The number of hydrogen-bond donors (Lipinski definition) is 2. The van der Waals surface area contributed by atoms with Gasteiger partial charge in [-0.05, 0) is 45.2 Å². The number of nitrogens with zero attached hydrogens (tertiary/aromatic N) is 1. The summed E-state index contributed by atoms with van der Waals surface area (Å²) in [6, 6.07) is 0. The molecule has 2 rings (SSSR count). The fraction of sp³-hybridized carbons (Fsp3) is 0.923. The van der Waals surface area contributed by atoms with E-state index >= 15 is 0 Å². The van der Waals surface area contributed by atoms with Gasteiger partial charge in [0.1, 0.15) is 6.10 Å². The quantitative estimate of drug-likeness (QED) is 0.739. The van der Waals surface area contributed by atoms with Crippen molar-refractivity contribution in [3.05, 3.63) is 0 Å². The van der Waals surface area contributed by atoms with Gasteiger partial charge in [-0.1, -0.05) is 0 Å². The van der Waals surface area contributed by atoms with E-state index in [-0.39, 0.29) is 18.1 Å². The summed E-state index contributed by atoms with van der Waals surface area (Å²) in [5.41, 5.74) is 5.54. The lowest BCUT2D eigenvalue weighted by atomic mass is 9.98. The molecule has 5 heteroatoms. The Morgan fingerprint density at radius 1 is 1.44 bits per heavy atom. The van der Waals surface area contributed by atoms with Crippen molar-refractivity contribution in [2.75, 3.05) is 33.2 Å². The van der Waals surface area contributed by atoms with Gasteiger partial charge in [0.25, 0.3) is 0 Å². The van der Waals surface area contributed by atoms with Crippen LogP contribution in [0, 0.1) is 5.92 Å². The van der Waals surface area contributed by atoms with Crippen LogP contribution in [-0.2, 0) is 9.53 Å². The highest BCUT2D eigenvalue weighted by molar-refractivity contribution is 5.81. The highest BCUT2D eigenvalue weighted by Gasteiger charge is 2.30. The van der Waals surface area contributed by atoms with E-state index in [1.807, 2.05) is 0 Å². The van der Waals surface area contributed by atoms with Gasteiger partial charge in [-0.3, -0.25) is 4.79 Å². The first-order chi connectivity index (χ1) is 8.69. The van der Waals surface area contributed by atoms with Gasteiger partial charge >= 0.3 is 0 Å². The second-order valence-corrected chi connectivity index (χ2v) is 5.58. The van der Waals surface area contributed by atoms with Gasteiger partial charge in [0.05, 0.1) is 6.10 Å². The lowest BCUT2D eigenvalue weighted by Gasteiger charge is -2.29. The van der Waals surface area contributed by atoms with Crippen LogP contribution in [0.3, 0.4) is 0 Å². The lowest BCUT2D eigenvalue weighted by molar-refractivity contribution is -0.132. The minimum Gasteiger partial charge on any atom is -0.364 e. The Hall–Kier alpha value is -0.650. The largest absolute Gasteiger partial charge is 0.364 e. The molecule has 0 aromatic carbocycles. The molecule has 0 aliphatic carbocycles. The zero-order valence-electron chi connectivity index (χ0n) is 11.2. The van der Waals surface area contributed by atoms with Crippen molar-refractivity contribution >= 4 is 5.91 Å². The van der Waals surface area contributed by atoms with E-state index in [1.54, 1.807) is 0 Å². The van der Waals surface area contributed by atoms with Gasteiger partial charge < -0.3 is 20.7 Å². The van der Waals surface area contributed by atoms with Crippen LogP contribution < -0.4 is 11.1 Å². The summed E-state index contributed by atoms with van der Waals surface area (Å²) in [5.74, 6) is 0.624. The summed E-state index contributed by atoms with van der Waals surface area (Å²) >= 11 is 0. The predicted molar refractivity (Wildman–Crippen MR) is 70.2 cm³/mol. The molecule has 0 radical (unpaired) electrons. The summed E-state index contributed by atoms with van der Waals surface area (Å²) in [6.45, 7) is 3.54. The van der Waals surface area contributed by atoms with Crippen molar-refractivity contribution in [3.63, 3.8) is 0 Å². The third kappa shape index (κ3) is 3.67. The topological polar surface area (TPSA) is 67.6 Å². The molecule has 0 spiro atoms. The molecule has 2 aliphatic rings. The molecule has 2 aliphatic heterocycles. The number of likely N-dealkylation sites (tertiary alicyclic amines) is 1. The van der Waals surface area contributed by atoms with Crippen LogP contribution >= 0.6 is 0 Å². The predicted octanol–water partition coefficient (Wildman–Crippen LogP) is -0.0493. The van der Waals surface area contributed by atoms with Crippen molar-refractivity contribution in [3.8, 4) is 0 Å². The average molecular weight is 255 g/mol. The molecule has 3 unspecified atom stereocenters. The Morgan fingerprint density at radius 2 is 2.28 bits per heavy atom. The monoisotopic (exact) mass is 255 g/mol. The molecule has 0 bridgehead atoms. The van der Waals surface area contributed by atoms with Gasteiger partial charge in [0, 0.05) is 19.6 Å². The molecule has 1 amide bonds. The van der Waals surface area contributed by atoms with Gasteiger partial charge in [-0.25, -0.2) is 0 Å². The molecule has 18 heavy (non-hydrogen) atoms. The number of nitrogens with one attached hydrogen (secondary N) is 1. The van der Waals surface area contributed by atoms with Gasteiger partial charge in [-0.2, -0.15) is 0 Å². The smallest absolute Gasteiger partial charge is 0.249 e. The normalized spacial score (nSPS) is 33.6. The van der Waals surface area contributed by atoms with Crippen LogP contribution in [0.5, 0.6) is 0 Å². The van der Waals surface area contributed by atoms with E-state index in [2.05, 4.69) is 17.3 Å². The zero-order valence-corrected chi connectivity index (χ0v) is 11.2. The molecule has 0 aromatic heterocycles. The summed E-state index contributed by atoms with van der Waals surface area (Å²) < 4.78 is 5.59. The fourth-order valence-corrected chi connectivity index (χ4v) is 2.87. The number of carbonyl (C=O) groups excluding carboxylic acids is 1. The first kappa shape index (κ1) is 13.8. The average Bonchev–Trinajstić information content (AvgIpc) is 2.85. The summed E-state index contributed by atoms with van der Waals surface area (Å²) in [5, 5.41) is 3.03. The molecule has 3 N–H and O–H groups in total. The van der Waals surface area contributed by atoms with Crippen molar-refractivity contribution in [2.24, 2.45) is 11.7 Å². The minimum atomic E-state index is -0.278. The van der Waals surface area contributed by atoms with Gasteiger partial charge in [-0.15, -0.1) is 0 Å². The molecule has 2 fully saturated rings. The maximum atomic E-state index is 11.9. The van der Waals surface area contributed by atoms with Crippen LogP contribution in [-0.4, -0.2) is 56.2 Å². The van der Waals surface area contributed by atoms with Crippen molar-refractivity contribution < 1.29 is 9.53 Å². The summed E-state index contributed by atoms with van der Waals surface area (Å²) in [7, 11) is 2.14. The van der Waals surface area contributed by atoms with E-state index in [0.29, 0.717) is 12.5 Å². The number of rotatable bonds is 4. The van der Waals surface area contributed by atoms with E-state index < -0.39 is 0 Å². The van der Waals surface area contributed by atoms with E-state index in [4.69, 9.17) is 10.5 Å². The standard InChI is InChI=1S/C13H25N3O2/c1-16-6-2-3-10(9-16)8-15-13(17)12-5-4-11(7-14)18-12/h10-12H,2-9,14H2,1H3,(H,15,17). The summed E-state index contributed by atoms with van der Waals surface area (Å²) in [6.07, 6.45) is 3.94. The number of piperidine rings is 1. The molecular weight excluding hydrogens is 230 g/mol. The Kier molecular flexibility index (Phi) is 4.97. The molecule has 3 atom stereocenters. The number of carbonyl (C=O) groups is 1. The number of nitrogens with two attached hydrogens (primary N) is 1. The van der Waals surface area contributed by atoms with Crippen LogP contribution in [0.1, 0.15) is 25.7 Å². The molecule has 0 saturated carbocycles. The number of ether oxygens (including phenoxy) is 1. The lowest BCUT2D eigenvalue weighted by Crippen LogP contribution is -2.42. The maximum absolute atomic E-state index is 11.9. The van der Waals surface area contributed by atoms with Crippen molar-refractivity contribution in [2.45, 2.75) is 37.9 Å². The Labute approximate surface area is 109 Å². The summed E-state index contributed by atoms with van der Waals surface area (Å²) in [4.78, 5) is 14.3. The second kappa shape index (κ2) is 6.50. The van der Waals surface area contributed by atoms with Crippen LogP contribution in [0.4, 0.5) is 0 Å². The number of hydrogen-bond acceptors (Lipinski definition) is 4. The Balaban J connectivity index is 1.68. The SMILES string of the molecule is CN1CCCC(CNC(=O)C2CCC(CN)O2)C1.